The molecule has 0 atom stereocenters. The van der Waals surface area contributed by atoms with Gasteiger partial charge in [0, 0.05) is 11.9 Å². The number of carbonyl (C=O) groups is 1. The van der Waals surface area contributed by atoms with Gasteiger partial charge in [-0.1, -0.05) is 43.8 Å². The lowest BCUT2D eigenvalue weighted by molar-refractivity contribution is -0.113. The normalized spacial score (nSPS) is 11.1. The molecule has 0 aliphatic carbocycles. The average molecular weight is 326 g/mol. The van der Waals surface area contributed by atoms with Gasteiger partial charge >= 0.3 is 0 Å². The van der Waals surface area contributed by atoms with Crippen LogP contribution in [0.4, 0.5) is 5.69 Å². The number of para-hydroxylation sites is 1. The number of hydrogen-bond acceptors (Lipinski definition) is 4. The third-order valence-corrected chi connectivity index (χ3v) is 4.31. The predicted molar refractivity (Wildman–Crippen MR) is 93.8 cm³/mol. The molecule has 0 bridgehead atoms. The molecule has 0 saturated carbocycles. The van der Waals surface area contributed by atoms with Gasteiger partial charge in [0.15, 0.2) is 10.8 Å². The molecule has 118 valence electrons. The SMILES string of the molecule is CC(C)c1ccccc1NC(=O)CSc1nc2ncccc2[nH]1. The van der Waals surface area contributed by atoms with Gasteiger partial charge in [0.1, 0.15) is 0 Å². The molecule has 0 saturated heterocycles. The summed E-state index contributed by atoms with van der Waals surface area (Å²) in [6, 6.07) is 11.7. The van der Waals surface area contributed by atoms with Gasteiger partial charge in [0.25, 0.3) is 0 Å². The second-order valence-corrected chi connectivity index (χ2v) is 6.46. The Morgan fingerprint density at radius 2 is 2.09 bits per heavy atom. The van der Waals surface area contributed by atoms with Crippen molar-refractivity contribution in [1.29, 1.82) is 0 Å². The minimum absolute atomic E-state index is 0.0449. The molecule has 0 aliphatic heterocycles. The van der Waals surface area contributed by atoms with Crippen molar-refractivity contribution >= 4 is 34.5 Å². The van der Waals surface area contributed by atoms with E-state index in [-0.39, 0.29) is 5.91 Å². The molecule has 23 heavy (non-hydrogen) atoms. The Morgan fingerprint density at radius 3 is 2.87 bits per heavy atom. The van der Waals surface area contributed by atoms with Crippen molar-refractivity contribution in [3.05, 3.63) is 48.2 Å². The van der Waals surface area contributed by atoms with Gasteiger partial charge in [-0.2, -0.15) is 0 Å². The molecule has 2 aromatic heterocycles. The number of nitrogens with zero attached hydrogens (tertiary/aromatic N) is 2. The first-order chi connectivity index (χ1) is 11.1. The van der Waals surface area contributed by atoms with E-state index in [0.29, 0.717) is 22.5 Å². The molecule has 1 aromatic carbocycles. The van der Waals surface area contributed by atoms with Crippen LogP contribution in [0.15, 0.2) is 47.8 Å². The highest BCUT2D eigenvalue weighted by atomic mass is 32.2. The Morgan fingerprint density at radius 1 is 1.26 bits per heavy atom. The highest BCUT2D eigenvalue weighted by molar-refractivity contribution is 7.99. The molecule has 0 fully saturated rings. The number of benzene rings is 1. The number of H-pyrrole nitrogens is 1. The fourth-order valence-corrected chi connectivity index (χ4v) is 3.00. The molecule has 3 rings (SSSR count). The van der Waals surface area contributed by atoms with Crippen LogP contribution in [0.3, 0.4) is 0 Å². The zero-order valence-electron chi connectivity index (χ0n) is 13.0. The molecule has 0 spiro atoms. The summed E-state index contributed by atoms with van der Waals surface area (Å²) in [5.41, 5.74) is 3.55. The van der Waals surface area contributed by atoms with E-state index >= 15 is 0 Å². The zero-order chi connectivity index (χ0) is 16.2. The van der Waals surface area contributed by atoms with Gasteiger partial charge in [-0.3, -0.25) is 4.79 Å². The zero-order valence-corrected chi connectivity index (χ0v) is 13.9. The summed E-state index contributed by atoms with van der Waals surface area (Å²) in [7, 11) is 0. The topological polar surface area (TPSA) is 70.7 Å². The molecular weight excluding hydrogens is 308 g/mol. The standard InChI is InChI=1S/C17H18N4OS/c1-11(2)12-6-3-4-7-13(12)19-15(22)10-23-17-20-14-8-5-9-18-16(14)21-17/h3-9,11H,10H2,1-2H3,(H,19,22)(H,18,20,21). The van der Waals surface area contributed by atoms with Gasteiger partial charge in [0.2, 0.25) is 5.91 Å². The Labute approximate surface area is 138 Å². The molecule has 0 radical (unpaired) electrons. The number of rotatable bonds is 5. The molecule has 2 N–H and O–H groups in total. The molecule has 0 unspecified atom stereocenters. The third-order valence-electron chi connectivity index (χ3n) is 3.43. The summed E-state index contributed by atoms with van der Waals surface area (Å²) in [5, 5.41) is 3.68. The van der Waals surface area contributed by atoms with Gasteiger partial charge < -0.3 is 10.3 Å². The summed E-state index contributed by atoms with van der Waals surface area (Å²) < 4.78 is 0. The van der Waals surface area contributed by atoms with E-state index in [1.807, 2.05) is 36.4 Å². The van der Waals surface area contributed by atoms with E-state index < -0.39 is 0 Å². The van der Waals surface area contributed by atoms with Crippen molar-refractivity contribution in [2.75, 3.05) is 11.1 Å². The van der Waals surface area contributed by atoms with Crippen molar-refractivity contribution in [2.45, 2.75) is 24.9 Å². The first kappa shape index (κ1) is 15.6. The van der Waals surface area contributed by atoms with Crippen LogP contribution in [0.25, 0.3) is 11.2 Å². The maximum Gasteiger partial charge on any atom is 0.234 e. The number of pyridine rings is 1. The molecule has 3 aromatic rings. The van der Waals surface area contributed by atoms with Crippen molar-refractivity contribution in [3.8, 4) is 0 Å². The van der Waals surface area contributed by atoms with Crippen LogP contribution in [0.2, 0.25) is 0 Å². The Kier molecular flexibility index (Phi) is 4.62. The molecular formula is C17H18N4OS. The maximum atomic E-state index is 12.2. The number of aromatic nitrogens is 3. The fourth-order valence-electron chi connectivity index (χ4n) is 2.33. The van der Waals surface area contributed by atoms with Crippen LogP contribution >= 0.6 is 11.8 Å². The number of amides is 1. The number of nitrogens with one attached hydrogen (secondary N) is 2. The number of imidazole rings is 1. The van der Waals surface area contributed by atoms with Crippen LogP contribution in [-0.4, -0.2) is 26.6 Å². The summed E-state index contributed by atoms with van der Waals surface area (Å²) in [5.74, 6) is 0.615. The first-order valence-electron chi connectivity index (χ1n) is 7.46. The highest BCUT2D eigenvalue weighted by Crippen LogP contribution is 2.24. The molecule has 0 aliphatic rings. The van der Waals surface area contributed by atoms with Crippen molar-refractivity contribution in [3.63, 3.8) is 0 Å². The van der Waals surface area contributed by atoms with E-state index in [1.165, 1.54) is 11.8 Å². The number of aromatic amines is 1. The van der Waals surface area contributed by atoms with Crippen molar-refractivity contribution < 1.29 is 4.79 Å². The minimum Gasteiger partial charge on any atom is -0.332 e. The van der Waals surface area contributed by atoms with Gasteiger partial charge in [-0.05, 0) is 29.7 Å². The van der Waals surface area contributed by atoms with Crippen molar-refractivity contribution in [2.24, 2.45) is 0 Å². The number of fused-ring (bicyclic) bond motifs is 1. The van der Waals surface area contributed by atoms with E-state index in [1.54, 1.807) is 6.20 Å². The van der Waals surface area contributed by atoms with Crippen LogP contribution in [0, 0.1) is 0 Å². The van der Waals surface area contributed by atoms with E-state index in [2.05, 4.69) is 34.1 Å². The summed E-state index contributed by atoms with van der Waals surface area (Å²) >= 11 is 1.37. The lowest BCUT2D eigenvalue weighted by Gasteiger charge is -2.13. The van der Waals surface area contributed by atoms with Gasteiger partial charge in [-0.25, -0.2) is 9.97 Å². The summed E-state index contributed by atoms with van der Waals surface area (Å²) in [4.78, 5) is 23.9. The van der Waals surface area contributed by atoms with E-state index in [0.717, 1.165) is 16.8 Å². The van der Waals surface area contributed by atoms with Crippen LogP contribution in [0.5, 0.6) is 0 Å². The van der Waals surface area contributed by atoms with Crippen LogP contribution in [-0.2, 0) is 4.79 Å². The minimum atomic E-state index is -0.0449. The highest BCUT2D eigenvalue weighted by Gasteiger charge is 2.11. The number of thioether (sulfide) groups is 1. The van der Waals surface area contributed by atoms with Gasteiger partial charge in [0.05, 0.1) is 11.3 Å². The summed E-state index contributed by atoms with van der Waals surface area (Å²) in [6.45, 7) is 4.22. The molecule has 6 heteroatoms. The third kappa shape index (κ3) is 3.71. The Hall–Kier alpha value is -2.34. The second-order valence-electron chi connectivity index (χ2n) is 5.50. The van der Waals surface area contributed by atoms with E-state index in [9.17, 15) is 4.79 Å². The first-order valence-corrected chi connectivity index (χ1v) is 8.44. The Bertz CT molecular complexity index is 795. The monoisotopic (exact) mass is 326 g/mol. The smallest absolute Gasteiger partial charge is 0.234 e. The van der Waals surface area contributed by atoms with Gasteiger partial charge in [-0.15, -0.1) is 0 Å². The largest absolute Gasteiger partial charge is 0.332 e. The number of hydrogen-bond donors (Lipinski definition) is 2. The molecule has 5 nitrogen and oxygen atoms in total. The molecule has 2 heterocycles. The van der Waals surface area contributed by atoms with Crippen LogP contribution < -0.4 is 5.32 Å². The molecule has 1 amide bonds. The quantitative estimate of drug-likeness (QED) is 0.699. The average Bonchev–Trinajstić information content (AvgIpc) is 2.96. The van der Waals surface area contributed by atoms with Crippen molar-refractivity contribution in [1.82, 2.24) is 15.0 Å². The van der Waals surface area contributed by atoms with Crippen LogP contribution in [0.1, 0.15) is 25.3 Å². The summed E-state index contributed by atoms with van der Waals surface area (Å²) in [6.07, 6.45) is 1.70. The number of anilines is 1. The number of carbonyl (C=O) groups excluding carboxylic acids is 1. The predicted octanol–water partition coefficient (Wildman–Crippen LogP) is 3.81. The Balaban J connectivity index is 1.64. The maximum absolute atomic E-state index is 12.2. The lowest BCUT2D eigenvalue weighted by atomic mass is 10.0. The lowest BCUT2D eigenvalue weighted by Crippen LogP contribution is -2.15. The second kappa shape index (κ2) is 6.83. The fraction of sp³-hybridized carbons (Fsp3) is 0.235. The van der Waals surface area contributed by atoms with E-state index in [4.69, 9.17) is 0 Å².